The maximum atomic E-state index is 12.0. The maximum Gasteiger partial charge on any atom is 0.247 e. The largest absolute Gasteiger partial charge is 0.354 e. The van der Waals surface area contributed by atoms with Crippen LogP contribution in [0.2, 0.25) is 5.02 Å². The van der Waals surface area contributed by atoms with Crippen molar-refractivity contribution in [3.63, 3.8) is 0 Å². The first-order chi connectivity index (χ1) is 16.9. The first-order valence-corrected chi connectivity index (χ1v) is 11.9. The number of nitrogens with zero attached hydrogens (tertiary/aromatic N) is 4. The number of amides is 1. The van der Waals surface area contributed by atoms with Crippen molar-refractivity contribution in [3.8, 4) is 22.4 Å². The Kier molecular flexibility index (Phi) is 6.28. The summed E-state index contributed by atoms with van der Waals surface area (Å²) in [4.78, 5) is 29.3. The van der Waals surface area contributed by atoms with Crippen LogP contribution in [-0.2, 0) is 4.79 Å². The fraction of sp³-hybridized carbons (Fsp3) is 0.222. The van der Waals surface area contributed by atoms with Crippen LogP contribution in [0.25, 0.3) is 33.4 Å². The number of piperazine rings is 1. The van der Waals surface area contributed by atoms with E-state index in [1.807, 2.05) is 37.4 Å². The highest BCUT2D eigenvalue weighted by Crippen LogP contribution is 2.42. The molecule has 0 spiro atoms. The van der Waals surface area contributed by atoms with Crippen LogP contribution in [0.4, 0.5) is 11.5 Å². The standard InChI is InChI=1S/C27H27ClN6O/c1-4-23(35)31-21-15-18(6-5-17(21)2)24-25-20(28)8-10-30-27(25)32-26(24)19-7-9-29-22(16-19)34-13-11-33(3)12-14-34/h4-10,15-16H,1,11-14H2,2-3H3,(H,30,32)(H,31,35). The third kappa shape index (κ3) is 4.52. The predicted octanol–water partition coefficient (Wildman–Crippen LogP) is 5.13. The summed E-state index contributed by atoms with van der Waals surface area (Å²) in [6.45, 7) is 9.40. The molecule has 4 heterocycles. The summed E-state index contributed by atoms with van der Waals surface area (Å²) in [6, 6.07) is 11.9. The fourth-order valence-electron chi connectivity index (χ4n) is 4.46. The molecule has 1 amide bonds. The normalized spacial score (nSPS) is 14.3. The number of halogens is 1. The van der Waals surface area contributed by atoms with Crippen LogP contribution in [0.15, 0.2) is 61.4 Å². The average molecular weight is 487 g/mol. The van der Waals surface area contributed by atoms with Crippen LogP contribution in [-0.4, -0.2) is 59.0 Å². The fourth-order valence-corrected chi connectivity index (χ4v) is 4.70. The summed E-state index contributed by atoms with van der Waals surface area (Å²) in [5.41, 5.74) is 6.14. The number of pyridine rings is 2. The summed E-state index contributed by atoms with van der Waals surface area (Å²) < 4.78 is 0. The Morgan fingerprint density at radius 3 is 2.63 bits per heavy atom. The molecule has 1 aliphatic rings. The summed E-state index contributed by atoms with van der Waals surface area (Å²) in [5.74, 6) is 0.692. The van der Waals surface area contributed by atoms with E-state index in [0.29, 0.717) is 10.7 Å². The molecule has 0 atom stereocenters. The van der Waals surface area contributed by atoms with E-state index in [4.69, 9.17) is 11.6 Å². The van der Waals surface area contributed by atoms with Gasteiger partial charge in [-0.3, -0.25) is 4.79 Å². The molecule has 0 saturated carbocycles. The van der Waals surface area contributed by atoms with Gasteiger partial charge in [-0.2, -0.15) is 0 Å². The zero-order valence-corrected chi connectivity index (χ0v) is 20.6. The van der Waals surface area contributed by atoms with E-state index in [-0.39, 0.29) is 5.91 Å². The average Bonchev–Trinajstić information content (AvgIpc) is 3.27. The Morgan fingerprint density at radius 2 is 1.86 bits per heavy atom. The van der Waals surface area contributed by atoms with E-state index in [1.165, 1.54) is 6.08 Å². The van der Waals surface area contributed by atoms with Gasteiger partial charge in [0.25, 0.3) is 0 Å². The van der Waals surface area contributed by atoms with Gasteiger partial charge in [0.05, 0.1) is 10.7 Å². The number of aryl methyl sites for hydroxylation is 1. The molecule has 1 aromatic carbocycles. The van der Waals surface area contributed by atoms with Gasteiger partial charge in [-0.15, -0.1) is 0 Å². The molecule has 8 heteroatoms. The Balaban J connectivity index is 1.66. The lowest BCUT2D eigenvalue weighted by molar-refractivity contribution is -0.111. The second-order valence-corrected chi connectivity index (χ2v) is 9.21. The molecular weight excluding hydrogens is 460 g/mol. The monoisotopic (exact) mass is 486 g/mol. The second-order valence-electron chi connectivity index (χ2n) is 8.81. The van der Waals surface area contributed by atoms with Gasteiger partial charge in [0, 0.05) is 60.8 Å². The number of carbonyl (C=O) groups is 1. The van der Waals surface area contributed by atoms with E-state index in [2.05, 4.69) is 49.8 Å². The van der Waals surface area contributed by atoms with Gasteiger partial charge >= 0.3 is 0 Å². The lowest BCUT2D eigenvalue weighted by Crippen LogP contribution is -2.44. The Bertz CT molecular complexity index is 1420. The molecule has 3 aromatic heterocycles. The van der Waals surface area contributed by atoms with Gasteiger partial charge in [-0.25, -0.2) is 9.97 Å². The number of benzene rings is 1. The van der Waals surface area contributed by atoms with E-state index in [0.717, 1.165) is 71.0 Å². The highest BCUT2D eigenvalue weighted by Gasteiger charge is 2.21. The molecule has 0 aliphatic carbocycles. The molecule has 0 bridgehead atoms. The molecule has 0 radical (unpaired) electrons. The van der Waals surface area contributed by atoms with Crippen LogP contribution >= 0.6 is 11.6 Å². The Morgan fingerprint density at radius 1 is 1.09 bits per heavy atom. The van der Waals surface area contributed by atoms with E-state index >= 15 is 0 Å². The number of carbonyl (C=O) groups excluding carboxylic acids is 1. The number of hydrogen-bond acceptors (Lipinski definition) is 5. The number of rotatable bonds is 5. The quantitative estimate of drug-likeness (QED) is 0.382. The number of likely N-dealkylation sites (N-methyl/N-ethyl adjacent to an activating group) is 1. The van der Waals surface area contributed by atoms with E-state index < -0.39 is 0 Å². The van der Waals surface area contributed by atoms with Crippen LogP contribution in [0.3, 0.4) is 0 Å². The summed E-state index contributed by atoms with van der Waals surface area (Å²) >= 11 is 6.69. The third-order valence-electron chi connectivity index (χ3n) is 6.47. The number of fused-ring (bicyclic) bond motifs is 1. The predicted molar refractivity (Wildman–Crippen MR) is 143 cm³/mol. The van der Waals surface area contributed by atoms with Gasteiger partial charge in [0.1, 0.15) is 11.5 Å². The maximum absolute atomic E-state index is 12.0. The zero-order valence-electron chi connectivity index (χ0n) is 19.8. The number of anilines is 2. The highest BCUT2D eigenvalue weighted by atomic mass is 35.5. The van der Waals surface area contributed by atoms with Gasteiger partial charge in [-0.1, -0.05) is 30.3 Å². The van der Waals surface area contributed by atoms with Crippen LogP contribution in [0.5, 0.6) is 0 Å². The molecule has 35 heavy (non-hydrogen) atoms. The van der Waals surface area contributed by atoms with Crippen molar-refractivity contribution in [1.29, 1.82) is 0 Å². The van der Waals surface area contributed by atoms with Gasteiger partial charge in [-0.05, 0) is 55.4 Å². The lowest BCUT2D eigenvalue weighted by Gasteiger charge is -2.33. The molecule has 0 unspecified atom stereocenters. The molecule has 1 aliphatic heterocycles. The smallest absolute Gasteiger partial charge is 0.247 e. The molecule has 4 aromatic rings. The van der Waals surface area contributed by atoms with Crippen molar-refractivity contribution in [3.05, 3.63) is 72.0 Å². The van der Waals surface area contributed by atoms with Crippen LogP contribution in [0.1, 0.15) is 5.56 Å². The van der Waals surface area contributed by atoms with Crippen LogP contribution < -0.4 is 10.2 Å². The Labute approximate surface area is 209 Å². The number of aromatic nitrogens is 3. The number of hydrogen-bond donors (Lipinski definition) is 2. The van der Waals surface area contributed by atoms with Gasteiger partial charge in [0.2, 0.25) is 5.91 Å². The van der Waals surface area contributed by atoms with Crippen molar-refractivity contribution < 1.29 is 4.79 Å². The summed E-state index contributed by atoms with van der Waals surface area (Å²) in [5, 5.41) is 4.35. The van der Waals surface area contributed by atoms with E-state index in [9.17, 15) is 4.79 Å². The molecule has 1 fully saturated rings. The second kappa shape index (κ2) is 9.52. The van der Waals surface area contributed by atoms with Gasteiger partial charge < -0.3 is 20.1 Å². The van der Waals surface area contributed by atoms with E-state index in [1.54, 1.807) is 12.3 Å². The summed E-state index contributed by atoms with van der Waals surface area (Å²) in [6.07, 6.45) is 4.81. The number of H-pyrrole nitrogens is 1. The van der Waals surface area contributed by atoms with Crippen LogP contribution in [0, 0.1) is 6.92 Å². The zero-order chi connectivity index (χ0) is 24.5. The van der Waals surface area contributed by atoms with Crippen molar-refractivity contribution in [1.82, 2.24) is 19.9 Å². The molecule has 2 N–H and O–H groups in total. The minimum atomic E-state index is -0.255. The van der Waals surface area contributed by atoms with Crippen molar-refractivity contribution in [2.24, 2.45) is 0 Å². The highest BCUT2D eigenvalue weighted by molar-refractivity contribution is 6.36. The first kappa shape index (κ1) is 23.1. The molecule has 7 nitrogen and oxygen atoms in total. The van der Waals surface area contributed by atoms with Gasteiger partial charge in [0.15, 0.2) is 0 Å². The third-order valence-corrected chi connectivity index (χ3v) is 6.79. The minimum absolute atomic E-state index is 0.255. The molecule has 5 rings (SSSR count). The first-order valence-electron chi connectivity index (χ1n) is 11.5. The summed E-state index contributed by atoms with van der Waals surface area (Å²) in [7, 11) is 2.14. The Hall–Kier alpha value is -3.68. The lowest BCUT2D eigenvalue weighted by atomic mass is 9.97. The molecule has 1 saturated heterocycles. The minimum Gasteiger partial charge on any atom is -0.354 e. The number of aromatic amines is 1. The number of nitrogens with one attached hydrogen (secondary N) is 2. The molecule has 178 valence electrons. The van der Waals surface area contributed by atoms with Crippen molar-refractivity contribution in [2.75, 3.05) is 43.4 Å². The molecular formula is C27H27ClN6O. The van der Waals surface area contributed by atoms with Crippen molar-refractivity contribution >= 4 is 40.0 Å². The topological polar surface area (TPSA) is 77.2 Å². The SMILES string of the molecule is C=CC(=O)Nc1cc(-c2c(-c3ccnc(N4CCN(C)CC4)c3)[nH]c3nccc(Cl)c23)ccc1C. The van der Waals surface area contributed by atoms with Crippen molar-refractivity contribution in [2.45, 2.75) is 6.92 Å².